The second kappa shape index (κ2) is 8.24. The summed E-state index contributed by atoms with van der Waals surface area (Å²) in [5.74, 6) is -0.267. The van der Waals surface area contributed by atoms with E-state index in [0.29, 0.717) is 13.0 Å². The van der Waals surface area contributed by atoms with Gasteiger partial charge in [-0.25, -0.2) is 0 Å². The largest absolute Gasteiger partial charge is 0.466 e. The molecule has 0 aliphatic heterocycles. The molecule has 20 heavy (non-hydrogen) atoms. The summed E-state index contributed by atoms with van der Waals surface area (Å²) in [6, 6.07) is 5.91. The topological polar surface area (TPSA) is 69.4 Å². The van der Waals surface area contributed by atoms with Crippen LogP contribution in [0, 0.1) is 10.1 Å². The van der Waals surface area contributed by atoms with Crippen LogP contribution in [-0.2, 0) is 16.0 Å². The van der Waals surface area contributed by atoms with Crippen molar-refractivity contribution in [3.63, 3.8) is 0 Å². The van der Waals surface area contributed by atoms with Crippen molar-refractivity contribution in [2.24, 2.45) is 0 Å². The standard InChI is InChI=1S/C14H18FNO4/c1-2-3-10-20-13(17)9-6-11-4-7-12(8-5-11)14(15)16(18)19/h4-5,7-8,14H,2-3,6,9-10H2,1H3. The van der Waals surface area contributed by atoms with E-state index in [-0.39, 0.29) is 18.0 Å². The van der Waals surface area contributed by atoms with Crippen molar-refractivity contribution >= 4 is 5.97 Å². The molecule has 1 atom stereocenters. The third-order valence-corrected chi connectivity index (χ3v) is 2.82. The molecule has 0 bridgehead atoms. The predicted molar refractivity (Wildman–Crippen MR) is 71.5 cm³/mol. The number of carbonyl (C=O) groups is 1. The summed E-state index contributed by atoms with van der Waals surface area (Å²) >= 11 is 0. The first kappa shape index (κ1) is 16.1. The Morgan fingerprint density at radius 1 is 1.40 bits per heavy atom. The Hall–Kier alpha value is -1.98. The number of alkyl halides is 1. The van der Waals surface area contributed by atoms with E-state index in [1.807, 2.05) is 6.92 Å². The molecule has 5 nitrogen and oxygen atoms in total. The molecule has 1 rings (SSSR count). The third kappa shape index (κ3) is 5.34. The van der Waals surface area contributed by atoms with E-state index < -0.39 is 11.2 Å². The lowest BCUT2D eigenvalue weighted by atomic mass is 10.1. The van der Waals surface area contributed by atoms with Crippen LogP contribution in [0.15, 0.2) is 24.3 Å². The molecule has 0 fully saturated rings. The van der Waals surface area contributed by atoms with Gasteiger partial charge in [0, 0.05) is 6.42 Å². The first-order valence-corrected chi connectivity index (χ1v) is 6.56. The molecule has 1 aromatic carbocycles. The number of aryl methyl sites for hydroxylation is 1. The smallest absolute Gasteiger partial charge is 0.375 e. The summed E-state index contributed by atoms with van der Waals surface area (Å²) in [5.41, 5.74) is 0.820. The van der Waals surface area contributed by atoms with Crippen molar-refractivity contribution in [3.05, 3.63) is 45.5 Å². The van der Waals surface area contributed by atoms with Gasteiger partial charge in [0.1, 0.15) is 0 Å². The van der Waals surface area contributed by atoms with E-state index in [2.05, 4.69) is 0 Å². The average molecular weight is 283 g/mol. The summed E-state index contributed by atoms with van der Waals surface area (Å²) in [4.78, 5) is 20.7. The molecule has 1 unspecified atom stereocenters. The van der Waals surface area contributed by atoms with Crippen molar-refractivity contribution in [1.82, 2.24) is 0 Å². The van der Waals surface area contributed by atoms with Gasteiger partial charge in [0.25, 0.3) is 0 Å². The summed E-state index contributed by atoms with van der Waals surface area (Å²) in [7, 11) is 0. The van der Waals surface area contributed by atoms with Gasteiger partial charge in [-0.1, -0.05) is 25.5 Å². The molecule has 0 N–H and O–H groups in total. The zero-order chi connectivity index (χ0) is 15.0. The van der Waals surface area contributed by atoms with Crippen LogP contribution >= 0.6 is 0 Å². The Labute approximate surface area is 116 Å². The lowest BCUT2D eigenvalue weighted by Crippen LogP contribution is -2.07. The molecule has 0 saturated carbocycles. The molecule has 0 amide bonds. The molecule has 0 spiro atoms. The highest BCUT2D eigenvalue weighted by Gasteiger charge is 2.20. The van der Waals surface area contributed by atoms with Gasteiger partial charge in [0.2, 0.25) is 0 Å². The molecule has 0 aromatic heterocycles. The SMILES string of the molecule is CCCCOC(=O)CCc1ccc(C(F)[N+](=O)[O-])cc1. The molecule has 0 aliphatic rings. The Bertz CT molecular complexity index is 447. The van der Waals surface area contributed by atoms with Gasteiger partial charge in [-0.3, -0.25) is 14.9 Å². The van der Waals surface area contributed by atoms with Crippen LogP contribution in [0.3, 0.4) is 0 Å². The molecule has 6 heteroatoms. The van der Waals surface area contributed by atoms with Crippen molar-refractivity contribution in [3.8, 4) is 0 Å². The quantitative estimate of drug-likeness (QED) is 0.241. The fourth-order valence-corrected chi connectivity index (χ4v) is 1.61. The van der Waals surface area contributed by atoms with E-state index in [1.54, 1.807) is 12.1 Å². The number of hydrogen-bond donors (Lipinski definition) is 0. The Kier molecular flexibility index (Phi) is 6.63. The Morgan fingerprint density at radius 3 is 2.60 bits per heavy atom. The number of nitro groups is 1. The van der Waals surface area contributed by atoms with Crippen molar-refractivity contribution in [2.45, 2.75) is 38.9 Å². The monoisotopic (exact) mass is 283 g/mol. The van der Waals surface area contributed by atoms with E-state index in [0.717, 1.165) is 18.4 Å². The van der Waals surface area contributed by atoms with Crippen molar-refractivity contribution in [1.29, 1.82) is 0 Å². The van der Waals surface area contributed by atoms with Crippen LogP contribution in [0.5, 0.6) is 0 Å². The minimum atomic E-state index is -2.21. The molecule has 0 heterocycles. The second-order valence-electron chi connectivity index (χ2n) is 4.44. The van der Waals surface area contributed by atoms with Gasteiger partial charge < -0.3 is 4.74 Å². The van der Waals surface area contributed by atoms with Crippen LogP contribution in [-0.4, -0.2) is 17.5 Å². The number of rotatable bonds is 8. The number of unbranched alkanes of at least 4 members (excludes halogenated alkanes) is 1. The summed E-state index contributed by atoms with van der Waals surface area (Å²) in [6.45, 7) is 2.44. The van der Waals surface area contributed by atoms with Gasteiger partial charge in [0.05, 0.1) is 17.1 Å². The van der Waals surface area contributed by atoms with Gasteiger partial charge in [-0.2, -0.15) is 4.39 Å². The third-order valence-electron chi connectivity index (χ3n) is 2.82. The van der Waals surface area contributed by atoms with E-state index in [1.165, 1.54) is 12.1 Å². The maximum atomic E-state index is 13.1. The zero-order valence-corrected chi connectivity index (χ0v) is 11.4. The summed E-state index contributed by atoms with van der Waals surface area (Å²) in [5, 5.41) is 10.3. The fraction of sp³-hybridized carbons (Fsp3) is 0.500. The number of carbonyl (C=O) groups excluding carboxylic acids is 1. The molecule has 110 valence electrons. The van der Waals surface area contributed by atoms with E-state index in [4.69, 9.17) is 4.74 Å². The maximum absolute atomic E-state index is 13.1. The van der Waals surface area contributed by atoms with Crippen LogP contribution < -0.4 is 0 Å². The van der Waals surface area contributed by atoms with Gasteiger partial charge in [-0.05, 0) is 30.5 Å². The number of halogens is 1. The molecule has 0 aliphatic carbocycles. The van der Waals surface area contributed by atoms with Crippen molar-refractivity contribution in [2.75, 3.05) is 6.61 Å². The molecule has 0 radical (unpaired) electrons. The average Bonchev–Trinajstić information content (AvgIpc) is 2.45. The fourth-order valence-electron chi connectivity index (χ4n) is 1.61. The molecule has 1 aromatic rings. The first-order valence-electron chi connectivity index (χ1n) is 6.56. The highest BCUT2D eigenvalue weighted by atomic mass is 19.1. The van der Waals surface area contributed by atoms with E-state index in [9.17, 15) is 19.3 Å². The Morgan fingerprint density at radius 2 is 2.05 bits per heavy atom. The summed E-state index contributed by atoms with van der Waals surface area (Å²) < 4.78 is 18.1. The second-order valence-corrected chi connectivity index (χ2v) is 4.44. The van der Waals surface area contributed by atoms with Crippen LogP contribution in [0.2, 0.25) is 0 Å². The van der Waals surface area contributed by atoms with Gasteiger partial charge in [0.15, 0.2) is 0 Å². The van der Waals surface area contributed by atoms with Crippen LogP contribution in [0.4, 0.5) is 4.39 Å². The minimum absolute atomic E-state index is 0.00396. The predicted octanol–water partition coefficient (Wildman–Crippen LogP) is 3.21. The number of ether oxygens (including phenoxy) is 1. The highest BCUT2D eigenvalue weighted by molar-refractivity contribution is 5.69. The molecular weight excluding hydrogens is 265 g/mol. The maximum Gasteiger partial charge on any atom is 0.375 e. The summed E-state index contributed by atoms with van der Waals surface area (Å²) in [6.07, 6.45) is 0.329. The van der Waals surface area contributed by atoms with E-state index >= 15 is 0 Å². The number of hydrogen-bond acceptors (Lipinski definition) is 4. The molecular formula is C14H18FNO4. The Balaban J connectivity index is 2.42. The lowest BCUT2D eigenvalue weighted by molar-refractivity contribution is -0.560. The molecule has 0 saturated heterocycles. The lowest BCUT2D eigenvalue weighted by Gasteiger charge is -2.05. The normalized spacial score (nSPS) is 11.9. The number of esters is 1. The van der Waals surface area contributed by atoms with Crippen molar-refractivity contribution < 1.29 is 18.8 Å². The van der Waals surface area contributed by atoms with Crippen LogP contribution in [0.1, 0.15) is 43.6 Å². The zero-order valence-electron chi connectivity index (χ0n) is 11.4. The number of benzene rings is 1. The number of nitrogens with zero attached hydrogens (tertiary/aromatic N) is 1. The van der Waals surface area contributed by atoms with Gasteiger partial charge in [-0.15, -0.1) is 0 Å². The minimum Gasteiger partial charge on any atom is -0.466 e. The van der Waals surface area contributed by atoms with Gasteiger partial charge >= 0.3 is 12.3 Å². The first-order chi connectivity index (χ1) is 9.54. The van der Waals surface area contributed by atoms with Crippen LogP contribution in [0.25, 0.3) is 0 Å². The highest BCUT2D eigenvalue weighted by Crippen LogP contribution is 2.18.